The van der Waals surface area contributed by atoms with E-state index in [0.29, 0.717) is 9.72 Å². The molecule has 0 heterocycles. The molecular formula is C4H10N2O2. The van der Waals surface area contributed by atoms with Gasteiger partial charge in [0.15, 0.2) is 0 Å². The van der Waals surface area contributed by atoms with Crippen LogP contribution in [-0.4, -0.2) is 22.8 Å². The molecule has 0 aliphatic heterocycles. The number of nitrogens with zero attached hydrogens (tertiary/aromatic N) is 2. The molecule has 48 valence electrons. The molecule has 4 heteroatoms. The third-order valence-electron chi connectivity index (χ3n) is 0.790. The van der Waals surface area contributed by atoms with Gasteiger partial charge in [-0.1, -0.05) is 0 Å². The first-order valence-corrected chi connectivity index (χ1v) is 2.61. The third kappa shape index (κ3) is 1.77. The fourth-order valence-electron chi connectivity index (χ4n) is 0.315. The van der Waals surface area contributed by atoms with Gasteiger partial charge in [-0.05, 0) is 0 Å². The number of hydrogen-bond donors (Lipinski definition) is 0. The van der Waals surface area contributed by atoms with Crippen molar-refractivity contribution in [2.75, 3.05) is 13.1 Å². The number of rotatable bonds is 2. The van der Waals surface area contributed by atoms with Crippen molar-refractivity contribution >= 4 is 0 Å². The standard InChI is InChI=1S/C4H10N2O2/c1-3-5(7)6(8)4-2/h3-4H2,1-2H3/b6-5+. The lowest BCUT2D eigenvalue weighted by molar-refractivity contribution is -0.968. The van der Waals surface area contributed by atoms with Crippen molar-refractivity contribution in [3.05, 3.63) is 10.4 Å². The lowest BCUT2D eigenvalue weighted by atomic mass is 10.8. The molecule has 0 amide bonds. The van der Waals surface area contributed by atoms with Gasteiger partial charge in [-0.15, -0.1) is 0 Å². The van der Waals surface area contributed by atoms with Crippen molar-refractivity contribution in [2.24, 2.45) is 0 Å². The second-order valence-electron chi connectivity index (χ2n) is 1.34. The average Bonchev–Trinajstić information content (AvgIpc) is 1.84. The molecule has 0 unspecified atom stereocenters. The van der Waals surface area contributed by atoms with E-state index in [1.165, 1.54) is 0 Å². The summed E-state index contributed by atoms with van der Waals surface area (Å²) in [6.45, 7) is 3.70. The molecule has 0 bridgehead atoms. The van der Waals surface area contributed by atoms with Crippen molar-refractivity contribution in [1.82, 2.24) is 0 Å². The second-order valence-corrected chi connectivity index (χ2v) is 1.34. The van der Waals surface area contributed by atoms with E-state index in [2.05, 4.69) is 0 Å². The lowest BCUT2D eigenvalue weighted by Crippen LogP contribution is -2.16. The monoisotopic (exact) mass is 118 g/mol. The summed E-state index contributed by atoms with van der Waals surface area (Å²) in [5.41, 5.74) is 0. The van der Waals surface area contributed by atoms with E-state index >= 15 is 0 Å². The summed E-state index contributed by atoms with van der Waals surface area (Å²) in [5.74, 6) is 0. The van der Waals surface area contributed by atoms with E-state index < -0.39 is 0 Å². The largest absolute Gasteiger partial charge is 0.567 e. The molecular weight excluding hydrogens is 108 g/mol. The molecule has 0 N–H and O–H groups in total. The number of azo groups is 1. The molecule has 0 atom stereocenters. The van der Waals surface area contributed by atoms with Crippen LogP contribution in [0, 0.1) is 10.4 Å². The van der Waals surface area contributed by atoms with Gasteiger partial charge in [0, 0.05) is 23.6 Å². The zero-order chi connectivity index (χ0) is 6.57. The molecule has 0 spiro atoms. The maximum absolute atomic E-state index is 10.3. The SMILES string of the molecule is CC/[N+]([O-])=[N+](\[O-])CC. The van der Waals surface area contributed by atoms with Crippen LogP contribution < -0.4 is 0 Å². The van der Waals surface area contributed by atoms with Crippen molar-refractivity contribution in [1.29, 1.82) is 0 Å². The quantitative estimate of drug-likeness (QED) is 0.301. The van der Waals surface area contributed by atoms with Gasteiger partial charge in [-0.25, -0.2) is 0 Å². The van der Waals surface area contributed by atoms with Gasteiger partial charge in [0.2, 0.25) is 13.1 Å². The molecule has 0 fully saturated rings. The van der Waals surface area contributed by atoms with Gasteiger partial charge in [0.1, 0.15) is 0 Å². The topological polar surface area (TPSA) is 52.1 Å². The van der Waals surface area contributed by atoms with Crippen molar-refractivity contribution in [2.45, 2.75) is 13.8 Å². The Morgan fingerprint density at radius 3 is 1.38 bits per heavy atom. The van der Waals surface area contributed by atoms with E-state index in [-0.39, 0.29) is 13.1 Å². The molecule has 0 saturated heterocycles. The zero-order valence-electron chi connectivity index (χ0n) is 5.13. The molecule has 0 aromatic carbocycles. The average molecular weight is 118 g/mol. The Labute approximate surface area is 48.2 Å². The van der Waals surface area contributed by atoms with Crippen LogP contribution in [0.4, 0.5) is 0 Å². The Morgan fingerprint density at radius 2 is 1.25 bits per heavy atom. The summed E-state index contributed by atoms with van der Waals surface area (Å²) in [5, 5.41) is 20.5. The number of hydroxylamine groups is 2. The molecule has 0 aliphatic rings. The van der Waals surface area contributed by atoms with Crippen LogP contribution in [0.2, 0.25) is 0 Å². The predicted octanol–water partition coefficient (Wildman–Crippen LogP) is 0.499. The highest BCUT2D eigenvalue weighted by Crippen LogP contribution is 1.73. The summed E-state index contributed by atoms with van der Waals surface area (Å²) in [6.07, 6.45) is 0. The highest BCUT2D eigenvalue weighted by atomic mass is 16.6. The molecule has 0 radical (unpaired) electrons. The van der Waals surface area contributed by atoms with E-state index in [0.717, 1.165) is 0 Å². The van der Waals surface area contributed by atoms with Crippen LogP contribution in [-0.2, 0) is 0 Å². The normalized spacial score (nSPS) is 13.2. The van der Waals surface area contributed by atoms with Crippen molar-refractivity contribution in [3.63, 3.8) is 0 Å². The highest BCUT2D eigenvalue weighted by molar-refractivity contribution is 4.04. The van der Waals surface area contributed by atoms with Gasteiger partial charge in [0.05, 0.1) is 0 Å². The molecule has 0 saturated carbocycles. The zero-order valence-corrected chi connectivity index (χ0v) is 5.13. The predicted molar refractivity (Wildman–Crippen MR) is 28.3 cm³/mol. The van der Waals surface area contributed by atoms with Crippen LogP contribution in [0.3, 0.4) is 0 Å². The van der Waals surface area contributed by atoms with Crippen LogP contribution in [0.15, 0.2) is 0 Å². The first kappa shape index (κ1) is 7.20. The first-order chi connectivity index (χ1) is 3.72. The summed E-state index contributed by atoms with van der Waals surface area (Å²) in [4.78, 5) is 0.750. The smallest absolute Gasteiger partial charge is 0.217 e. The number of hydrogen-bond acceptors (Lipinski definition) is 2. The van der Waals surface area contributed by atoms with E-state index in [1.807, 2.05) is 0 Å². The summed E-state index contributed by atoms with van der Waals surface area (Å²) >= 11 is 0. The van der Waals surface area contributed by atoms with Crippen molar-refractivity contribution < 1.29 is 9.72 Å². The Balaban J connectivity index is 3.83. The van der Waals surface area contributed by atoms with Crippen LogP contribution in [0.25, 0.3) is 0 Å². The fourth-order valence-corrected chi connectivity index (χ4v) is 0.315. The summed E-state index contributed by atoms with van der Waals surface area (Å²) < 4.78 is 0. The molecule has 0 aliphatic carbocycles. The summed E-state index contributed by atoms with van der Waals surface area (Å²) in [7, 11) is 0. The third-order valence-corrected chi connectivity index (χ3v) is 0.790. The maximum atomic E-state index is 10.3. The van der Waals surface area contributed by atoms with Crippen LogP contribution in [0.5, 0.6) is 0 Å². The van der Waals surface area contributed by atoms with E-state index in [1.54, 1.807) is 13.8 Å². The van der Waals surface area contributed by atoms with Gasteiger partial charge >= 0.3 is 0 Å². The molecule has 0 aromatic rings. The maximum Gasteiger partial charge on any atom is 0.217 e. The first-order valence-electron chi connectivity index (χ1n) is 2.61. The fraction of sp³-hybridized carbons (Fsp3) is 1.00. The van der Waals surface area contributed by atoms with Gasteiger partial charge in [0.25, 0.3) is 0 Å². The molecule has 8 heavy (non-hydrogen) atoms. The van der Waals surface area contributed by atoms with Gasteiger partial charge in [-0.3, -0.25) is 0 Å². The molecule has 4 nitrogen and oxygen atoms in total. The Hall–Kier alpha value is -0.800. The Morgan fingerprint density at radius 1 is 1.00 bits per heavy atom. The minimum absolute atomic E-state index is 0.220. The Kier molecular flexibility index (Phi) is 2.91. The van der Waals surface area contributed by atoms with Gasteiger partial charge in [-0.2, -0.15) is 0 Å². The van der Waals surface area contributed by atoms with E-state index in [4.69, 9.17) is 0 Å². The van der Waals surface area contributed by atoms with E-state index in [9.17, 15) is 10.4 Å². The van der Waals surface area contributed by atoms with Crippen molar-refractivity contribution in [3.8, 4) is 0 Å². The van der Waals surface area contributed by atoms with Crippen LogP contribution in [0.1, 0.15) is 13.8 Å². The lowest BCUT2D eigenvalue weighted by Gasteiger charge is -1.97. The highest BCUT2D eigenvalue weighted by Gasteiger charge is 1.96. The minimum atomic E-state index is 0.220. The second kappa shape index (κ2) is 3.23. The van der Waals surface area contributed by atoms with Crippen LogP contribution >= 0.6 is 0 Å². The molecule has 0 aromatic heterocycles. The summed E-state index contributed by atoms with van der Waals surface area (Å²) in [6, 6.07) is 0. The molecule has 0 rings (SSSR count). The van der Waals surface area contributed by atoms with Gasteiger partial charge < -0.3 is 10.4 Å². The Bertz CT molecular complexity index is 88.2. The minimum Gasteiger partial charge on any atom is -0.567 e.